The standard InChI is InChI=1S/C16H19N7O/c1-21-11-18-13-8-12(2-3-14(13)21)16(24)23-6-4-22(5-7-23)9-15-17-10-19-20-15/h2-3,8,10-11H,4-7,9H2,1H3,(H,17,19,20). The first-order valence-corrected chi connectivity index (χ1v) is 7.97. The average Bonchev–Trinajstić information content (AvgIpc) is 3.25. The van der Waals surface area contributed by atoms with E-state index in [4.69, 9.17) is 0 Å². The predicted octanol–water partition coefficient (Wildman–Crippen LogP) is 0.649. The Balaban J connectivity index is 1.41. The van der Waals surface area contributed by atoms with Crippen molar-refractivity contribution in [3.05, 3.63) is 42.2 Å². The molecule has 8 nitrogen and oxygen atoms in total. The van der Waals surface area contributed by atoms with Gasteiger partial charge in [-0.25, -0.2) is 9.97 Å². The molecule has 1 aromatic carbocycles. The van der Waals surface area contributed by atoms with Gasteiger partial charge in [0.15, 0.2) is 0 Å². The number of nitrogens with one attached hydrogen (secondary N) is 1. The summed E-state index contributed by atoms with van der Waals surface area (Å²) < 4.78 is 1.95. The van der Waals surface area contributed by atoms with Crippen molar-refractivity contribution in [2.75, 3.05) is 26.2 Å². The zero-order valence-corrected chi connectivity index (χ0v) is 13.5. The highest BCUT2D eigenvalue weighted by Gasteiger charge is 2.23. The Morgan fingerprint density at radius 2 is 2.04 bits per heavy atom. The number of H-pyrrole nitrogens is 1. The Labute approximate surface area is 139 Å². The smallest absolute Gasteiger partial charge is 0.254 e. The monoisotopic (exact) mass is 325 g/mol. The van der Waals surface area contributed by atoms with Crippen molar-refractivity contribution >= 4 is 16.9 Å². The van der Waals surface area contributed by atoms with Gasteiger partial charge in [-0.1, -0.05) is 0 Å². The molecular weight excluding hydrogens is 306 g/mol. The van der Waals surface area contributed by atoms with E-state index in [2.05, 4.69) is 25.1 Å². The number of imidazole rings is 1. The van der Waals surface area contributed by atoms with Crippen LogP contribution >= 0.6 is 0 Å². The summed E-state index contributed by atoms with van der Waals surface area (Å²) in [5.41, 5.74) is 2.58. The molecule has 124 valence electrons. The Morgan fingerprint density at radius 3 is 2.79 bits per heavy atom. The van der Waals surface area contributed by atoms with E-state index in [-0.39, 0.29) is 5.91 Å². The van der Waals surface area contributed by atoms with Gasteiger partial charge in [0.1, 0.15) is 12.2 Å². The van der Waals surface area contributed by atoms with E-state index in [9.17, 15) is 4.79 Å². The second-order valence-electron chi connectivity index (χ2n) is 6.06. The van der Waals surface area contributed by atoms with E-state index in [0.29, 0.717) is 18.7 Å². The lowest BCUT2D eigenvalue weighted by atomic mass is 10.1. The summed E-state index contributed by atoms with van der Waals surface area (Å²) in [4.78, 5) is 25.4. The highest BCUT2D eigenvalue weighted by molar-refractivity contribution is 5.97. The third-order valence-corrected chi connectivity index (χ3v) is 4.47. The third-order valence-electron chi connectivity index (χ3n) is 4.47. The van der Waals surface area contributed by atoms with E-state index in [1.165, 1.54) is 6.33 Å². The quantitative estimate of drug-likeness (QED) is 0.764. The highest BCUT2D eigenvalue weighted by atomic mass is 16.2. The number of nitrogens with zero attached hydrogens (tertiary/aromatic N) is 6. The number of hydrogen-bond donors (Lipinski definition) is 1. The lowest BCUT2D eigenvalue weighted by Gasteiger charge is -2.34. The fourth-order valence-electron chi connectivity index (χ4n) is 3.08. The number of carbonyl (C=O) groups excluding carboxylic acids is 1. The van der Waals surface area contributed by atoms with Gasteiger partial charge in [0.2, 0.25) is 0 Å². The SMILES string of the molecule is Cn1cnc2cc(C(=O)N3CCN(Cc4ncn[nH]4)CC3)ccc21. The minimum absolute atomic E-state index is 0.0712. The number of amides is 1. The lowest BCUT2D eigenvalue weighted by Crippen LogP contribution is -2.48. The summed E-state index contributed by atoms with van der Waals surface area (Å²) in [6.45, 7) is 3.83. The largest absolute Gasteiger partial charge is 0.336 e. The predicted molar refractivity (Wildman–Crippen MR) is 88.3 cm³/mol. The van der Waals surface area contributed by atoms with Crippen LogP contribution in [-0.4, -0.2) is 66.6 Å². The van der Waals surface area contributed by atoms with Crippen LogP contribution in [0.5, 0.6) is 0 Å². The zero-order valence-electron chi connectivity index (χ0n) is 13.5. The van der Waals surface area contributed by atoms with Crippen molar-refractivity contribution in [3.63, 3.8) is 0 Å². The van der Waals surface area contributed by atoms with Crippen molar-refractivity contribution in [3.8, 4) is 0 Å². The summed E-state index contributed by atoms with van der Waals surface area (Å²) in [5.74, 6) is 0.928. The molecule has 1 fully saturated rings. The van der Waals surface area contributed by atoms with E-state index < -0.39 is 0 Å². The van der Waals surface area contributed by atoms with Gasteiger partial charge in [-0.2, -0.15) is 5.10 Å². The number of aromatic nitrogens is 5. The van der Waals surface area contributed by atoms with Gasteiger partial charge in [-0.3, -0.25) is 14.8 Å². The lowest BCUT2D eigenvalue weighted by molar-refractivity contribution is 0.0625. The number of aryl methyl sites for hydroxylation is 1. The van der Waals surface area contributed by atoms with Crippen molar-refractivity contribution in [1.29, 1.82) is 0 Å². The maximum absolute atomic E-state index is 12.7. The van der Waals surface area contributed by atoms with Crippen LogP contribution in [0.3, 0.4) is 0 Å². The molecular formula is C16H19N7O. The van der Waals surface area contributed by atoms with Gasteiger partial charge in [0.25, 0.3) is 5.91 Å². The molecule has 1 aliphatic heterocycles. The van der Waals surface area contributed by atoms with Gasteiger partial charge in [0.05, 0.1) is 23.9 Å². The normalized spacial score (nSPS) is 16.0. The van der Waals surface area contributed by atoms with E-state index >= 15 is 0 Å². The molecule has 8 heteroatoms. The maximum Gasteiger partial charge on any atom is 0.254 e. The van der Waals surface area contributed by atoms with Gasteiger partial charge < -0.3 is 9.47 Å². The van der Waals surface area contributed by atoms with Crippen LogP contribution in [0.2, 0.25) is 0 Å². The fraction of sp³-hybridized carbons (Fsp3) is 0.375. The van der Waals surface area contributed by atoms with Crippen LogP contribution in [0.4, 0.5) is 0 Å². The first-order chi connectivity index (χ1) is 11.7. The third kappa shape index (κ3) is 2.76. The molecule has 0 atom stereocenters. The number of hydrogen-bond acceptors (Lipinski definition) is 5. The molecule has 0 unspecified atom stereocenters. The van der Waals surface area contributed by atoms with E-state index in [0.717, 1.165) is 36.5 Å². The van der Waals surface area contributed by atoms with Crippen LogP contribution in [0.25, 0.3) is 11.0 Å². The van der Waals surface area contributed by atoms with Crippen molar-refractivity contribution in [2.45, 2.75) is 6.54 Å². The van der Waals surface area contributed by atoms with E-state index in [1.54, 1.807) is 6.33 Å². The first-order valence-electron chi connectivity index (χ1n) is 7.97. The summed E-state index contributed by atoms with van der Waals surface area (Å²) in [6.07, 6.45) is 3.28. The molecule has 2 aromatic heterocycles. The van der Waals surface area contributed by atoms with E-state index in [1.807, 2.05) is 34.7 Å². The van der Waals surface area contributed by atoms with Crippen molar-refractivity contribution in [2.24, 2.45) is 7.05 Å². The molecule has 1 saturated heterocycles. The highest BCUT2D eigenvalue weighted by Crippen LogP contribution is 2.16. The molecule has 0 radical (unpaired) electrons. The number of carbonyl (C=O) groups is 1. The number of aromatic amines is 1. The Hall–Kier alpha value is -2.74. The van der Waals surface area contributed by atoms with Gasteiger partial charge in [-0.05, 0) is 18.2 Å². The number of rotatable bonds is 3. The molecule has 3 aromatic rings. The number of piperazine rings is 1. The average molecular weight is 325 g/mol. The van der Waals surface area contributed by atoms with Crippen molar-refractivity contribution in [1.82, 2.24) is 34.5 Å². The van der Waals surface area contributed by atoms with Gasteiger partial charge >= 0.3 is 0 Å². The van der Waals surface area contributed by atoms with Crippen LogP contribution in [0, 0.1) is 0 Å². The molecule has 3 heterocycles. The molecule has 1 amide bonds. The number of benzene rings is 1. The number of fused-ring (bicyclic) bond motifs is 1. The molecule has 0 spiro atoms. The second kappa shape index (κ2) is 6.04. The van der Waals surface area contributed by atoms with Gasteiger partial charge in [-0.15, -0.1) is 0 Å². The molecule has 1 aliphatic rings. The summed E-state index contributed by atoms with van der Waals surface area (Å²) in [5, 5.41) is 6.73. The van der Waals surface area contributed by atoms with Crippen LogP contribution in [-0.2, 0) is 13.6 Å². The second-order valence-corrected chi connectivity index (χ2v) is 6.06. The van der Waals surface area contributed by atoms with Gasteiger partial charge in [0, 0.05) is 38.8 Å². The minimum Gasteiger partial charge on any atom is -0.336 e. The summed E-state index contributed by atoms with van der Waals surface area (Å²) in [6, 6.07) is 5.71. The molecule has 0 aliphatic carbocycles. The molecule has 1 N–H and O–H groups in total. The Kier molecular flexibility index (Phi) is 3.73. The Morgan fingerprint density at radius 1 is 1.21 bits per heavy atom. The van der Waals surface area contributed by atoms with Crippen molar-refractivity contribution < 1.29 is 4.79 Å². The van der Waals surface area contributed by atoms with Crippen LogP contribution < -0.4 is 0 Å². The van der Waals surface area contributed by atoms with Crippen LogP contribution in [0.15, 0.2) is 30.9 Å². The fourth-order valence-corrected chi connectivity index (χ4v) is 3.08. The maximum atomic E-state index is 12.7. The topological polar surface area (TPSA) is 82.9 Å². The summed E-state index contributed by atoms with van der Waals surface area (Å²) >= 11 is 0. The molecule has 0 bridgehead atoms. The van der Waals surface area contributed by atoms with Crippen LogP contribution in [0.1, 0.15) is 16.2 Å². The zero-order chi connectivity index (χ0) is 16.5. The molecule has 24 heavy (non-hydrogen) atoms. The minimum atomic E-state index is 0.0712. The Bertz CT molecular complexity index is 847. The summed E-state index contributed by atoms with van der Waals surface area (Å²) in [7, 11) is 1.95. The molecule has 4 rings (SSSR count). The first kappa shape index (κ1) is 14.8. The molecule has 0 saturated carbocycles.